The molecule has 0 radical (unpaired) electrons. The van der Waals surface area contributed by atoms with E-state index in [1.165, 1.54) is 0 Å². The smallest absolute Gasteiger partial charge is 0.254 e. The third kappa shape index (κ3) is 2.45. The van der Waals surface area contributed by atoms with Gasteiger partial charge in [0.15, 0.2) is 0 Å². The van der Waals surface area contributed by atoms with Crippen LogP contribution in [-0.2, 0) is 0 Å². The summed E-state index contributed by atoms with van der Waals surface area (Å²) in [6.45, 7) is 3.25. The second-order valence-electron chi connectivity index (χ2n) is 4.49. The minimum Gasteiger partial charge on any atom is -0.334 e. The maximum absolute atomic E-state index is 12.3. The van der Waals surface area contributed by atoms with Crippen molar-refractivity contribution in [2.45, 2.75) is 25.8 Å². The number of benzene rings is 1. The quantitative estimate of drug-likeness (QED) is 0.877. The van der Waals surface area contributed by atoms with Crippen LogP contribution in [0.4, 0.5) is 0 Å². The number of halogens is 1. The van der Waals surface area contributed by atoms with Crippen molar-refractivity contribution in [2.24, 2.45) is 5.73 Å². The molecule has 1 heterocycles. The molecule has 1 aliphatic rings. The Morgan fingerprint density at radius 1 is 1.59 bits per heavy atom. The Labute approximate surface area is 107 Å². The maximum Gasteiger partial charge on any atom is 0.254 e. The highest BCUT2D eigenvalue weighted by Crippen LogP contribution is 2.22. The molecule has 0 aromatic heterocycles. The van der Waals surface area contributed by atoms with Gasteiger partial charge in [-0.2, -0.15) is 0 Å². The first kappa shape index (κ1) is 12.4. The molecule has 0 spiro atoms. The molecular formula is C13H17ClN2O. The van der Waals surface area contributed by atoms with E-state index in [1.54, 1.807) is 12.1 Å². The van der Waals surface area contributed by atoms with Crippen molar-refractivity contribution in [3.05, 3.63) is 34.3 Å². The van der Waals surface area contributed by atoms with Crippen LogP contribution >= 0.6 is 11.6 Å². The number of nitrogens with two attached hydrogens (primary N) is 1. The average Bonchev–Trinajstić information content (AvgIpc) is 2.80. The van der Waals surface area contributed by atoms with Gasteiger partial charge >= 0.3 is 0 Å². The van der Waals surface area contributed by atoms with Gasteiger partial charge in [0.05, 0.1) is 0 Å². The molecule has 1 aliphatic heterocycles. The Bertz CT molecular complexity index is 433. The highest BCUT2D eigenvalue weighted by atomic mass is 35.5. The normalized spacial score (nSPS) is 19.7. The van der Waals surface area contributed by atoms with Gasteiger partial charge in [-0.05, 0) is 43.5 Å². The molecule has 2 rings (SSSR count). The van der Waals surface area contributed by atoms with Crippen LogP contribution in [0.2, 0.25) is 5.02 Å². The Morgan fingerprint density at radius 3 is 3.00 bits per heavy atom. The number of carbonyl (C=O) groups excluding carboxylic acids is 1. The summed E-state index contributed by atoms with van der Waals surface area (Å²) in [5.74, 6) is 0.0673. The summed E-state index contributed by atoms with van der Waals surface area (Å²) in [4.78, 5) is 14.2. The molecule has 1 aromatic rings. The van der Waals surface area contributed by atoms with Crippen molar-refractivity contribution in [1.29, 1.82) is 0 Å². The molecule has 1 unspecified atom stereocenters. The molecule has 3 nitrogen and oxygen atoms in total. The van der Waals surface area contributed by atoms with E-state index in [0.29, 0.717) is 17.1 Å². The summed E-state index contributed by atoms with van der Waals surface area (Å²) in [5.41, 5.74) is 7.31. The Kier molecular flexibility index (Phi) is 3.69. The highest BCUT2D eigenvalue weighted by Gasteiger charge is 2.28. The molecule has 1 aromatic carbocycles. The number of amides is 1. The summed E-state index contributed by atoms with van der Waals surface area (Å²) < 4.78 is 0. The van der Waals surface area contributed by atoms with E-state index >= 15 is 0 Å². The SMILES string of the molecule is Cc1cc(C(=O)N2CCCC2CN)ccc1Cl. The fraction of sp³-hybridized carbons (Fsp3) is 0.462. The molecule has 17 heavy (non-hydrogen) atoms. The van der Waals surface area contributed by atoms with E-state index in [2.05, 4.69) is 0 Å². The summed E-state index contributed by atoms with van der Waals surface area (Å²) in [5, 5.41) is 0.693. The summed E-state index contributed by atoms with van der Waals surface area (Å²) in [6.07, 6.45) is 2.05. The number of rotatable bonds is 2. The lowest BCUT2D eigenvalue weighted by atomic mass is 10.1. The van der Waals surface area contributed by atoms with Crippen LogP contribution in [0, 0.1) is 6.92 Å². The van der Waals surface area contributed by atoms with Crippen LogP contribution in [0.3, 0.4) is 0 Å². The molecule has 0 saturated carbocycles. The van der Waals surface area contributed by atoms with Crippen LogP contribution in [0.25, 0.3) is 0 Å². The lowest BCUT2D eigenvalue weighted by Gasteiger charge is -2.23. The van der Waals surface area contributed by atoms with Crippen LogP contribution < -0.4 is 5.73 Å². The Morgan fingerprint density at radius 2 is 2.35 bits per heavy atom. The Balaban J connectivity index is 2.21. The van der Waals surface area contributed by atoms with E-state index in [1.807, 2.05) is 17.9 Å². The second-order valence-corrected chi connectivity index (χ2v) is 4.90. The number of likely N-dealkylation sites (tertiary alicyclic amines) is 1. The predicted molar refractivity (Wildman–Crippen MR) is 69.3 cm³/mol. The fourth-order valence-electron chi connectivity index (χ4n) is 2.29. The van der Waals surface area contributed by atoms with Crippen molar-refractivity contribution in [3.63, 3.8) is 0 Å². The van der Waals surface area contributed by atoms with Crippen LogP contribution in [0.1, 0.15) is 28.8 Å². The number of nitrogens with zero attached hydrogens (tertiary/aromatic N) is 1. The van der Waals surface area contributed by atoms with Gasteiger partial charge in [0.25, 0.3) is 5.91 Å². The maximum atomic E-state index is 12.3. The molecule has 1 atom stereocenters. The van der Waals surface area contributed by atoms with E-state index < -0.39 is 0 Å². The molecule has 4 heteroatoms. The highest BCUT2D eigenvalue weighted by molar-refractivity contribution is 6.31. The van der Waals surface area contributed by atoms with E-state index in [0.717, 1.165) is 24.9 Å². The molecule has 1 fully saturated rings. The summed E-state index contributed by atoms with van der Waals surface area (Å²) in [6, 6.07) is 5.59. The first-order valence-electron chi connectivity index (χ1n) is 5.90. The van der Waals surface area contributed by atoms with Crippen molar-refractivity contribution >= 4 is 17.5 Å². The summed E-state index contributed by atoms with van der Waals surface area (Å²) in [7, 11) is 0. The topological polar surface area (TPSA) is 46.3 Å². The van der Waals surface area contributed by atoms with Gasteiger partial charge in [0.1, 0.15) is 0 Å². The van der Waals surface area contributed by atoms with Gasteiger partial charge in [-0.25, -0.2) is 0 Å². The largest absolute Gasteiger partial charge is 0.334 e. The zero-order chi connectivity index (χ0) is 12.4. The van der Waals surface area contributed by atoms with Crippen molar-refractivity contribution in [1.82, 2.24) is 4.90 Å². The zero-order valence-corrected chi connectivity index (χ0v) is 10.7. The first-order valence-corrected chi connectivity index (χ1v) is 6.28. The molecule has 2 N–H and O–H groups in total. The van der Waals surface area contributed by atoms with Gasteiger partial charge in [-0.3, -0.25) is 4.79 Å². The first-order chi connectivity index (χ1) is 8.13. The standard InChI is InChI=1S/C13H17ClN2O/c1-9-7-10(4-5-12(9)14)13(17)16-6-2-3-11(16)8-15/h4-5,7,11H,2-3,6,8,15H2,1H3. The minimum atomic E-state index is 0.0673. The van der Waals surface area contributed by atoms with Crippen molar-refractivity contribution in [2.75, 3.05) is 13.1 Å². The second kappa shape index (κ2) is 5.07. The van der Waals surface area contributed by atoms with E-state index in [-0.39, 0.29) is 11.9 Å². The third-order valence-electron chi connectivity index (χ3n) is 3.31. The monoisotopic (exact) mass is 252 g/mol. The molecule has 1 saturated heterocycles. The number of carbonyl (C=O) groups is 1. The molecule has 1 amide bonds. The van der Waals surface area contributed by atoms with Crippen LogP contribution in [0.15, 0.2) is 18.2 Å². The van der Waals surface area contributed by atoms with E-state index in [4.69, 9.17) is 17.3 Å². The third-order valence-corrected chi connectivity index (χ3v) is 3.74. The van der Waals surface area contributed by atoms with E-state index in [9.17, 15) is 4.79 Å². The fourth-order valence-corrected chi connectivity index (χ4v) is 2.41. The molecular weight excluding hydrogens is 236 g/mol. The lowest BCUT2D eigenvalue weighted by Crippen LogP contribution is -2.39. The average molecular weight is 253 g/mol. The van der Waals surface area contributed by atoms with Gasteiger partial charge in [0.2, 0.25) is 0 Å². The Hall–Kier alpha value is -1.06. The predicted octanol–water partition coefficient (Wildman–Crippen LogP) is 2.21. The lowest BCUT2D eigenvalue weighted by molar-refractivity contribution is 0.0741. The van der Waals surface area contributed by atoms with Gasteiger partial charge in [0, 0.05) is 29.7 Å². The van der Waals surface area contributed by atoms with Crippen LogP contribution in [0.5, 0.6) is 0 Å². The van der Waals surface area contributed by atoms with Gasteiger partial charge in [-0.15, -0.1) is 0 Å². The number of hydrogen-bond acceptors (Lipinski definition) is 2. The molecule has 92 valence electrons. The van der Waals surface area contributed by atoms with Crippen LogP contribution in [-0.4, -0.2) is 29.9 Å². The van der Waals surface area contributed by atoms with Gasteiger partial charge < -0.3 is 10.6 Å². The molecule has 0 bridgehead atoms. The summed E-state index contributed by atoms with van der Waals surface area (Å²) >= 11 is 5.96. The zero-order valence-electron chi connectivity index (χ0n) is 9.95. The number of hydrogen-bond donors (Lipinski definition) is 1. The minimum absolute atomic E-state index is 0.0673. The van der Waals surface area contributed by atoms with Gasteiger partial charge in [-0.1, -0.05) is 11.6 Å². The van der Waals surface area contributed by atoms with Crippen molar-refractivity contribution in [3.8, 4) is 0 Å². The number of aryl methyl sites for hydroxylation is 1. The molecule has 0 aliphatic carbocycles. The van der Waals surface area contributed by atoms with Crippen molar-refractivity contribution < 1.29 is 4.79 Å².